The Hall–Kier alpha value is -2.57. The van der Waals surface area contributed by atoms with Crippen molar-refractivity contribution in [1.29, 1.82) is 0 Å². The quantitative estimate of drug-likeness (QED) is 0.731. The van der Waals surface area contributed by atoms with Gasteiger partial charge in [-0.15, -0.1) is 0 Å². The van der Waals surface area contributed by atoms with Crippen molar-refractivity contribution in [1.82, 2.24) is 15.0 Å². The Morgan fingerprint density at radius 2 is 2.04 bits per heavy atom. The molecule has 7 heteroatoms. The molecule has 134 valence electrons. The van der Waals surface area contributed by atoms with E-state index in [1.165, 1.54) is 6.39 Å². The van der Waals surface area contributed by atoms with E-state index in [1.807, 2.05) is 36.9 Å². The number of amides is 1. The molecule has 1 fully saturated rings. The molecule has 1 atom stereocenters. The third-order valence-corrected chi connectivity index (χ3v) is 4.24. The van der Waals surface area contributed by atoms with Crippen LogP contribution in [-0.4, -0.2) is 47.3 Å². The van der Waals surface area contributed by atoms with E-state index in [0.29, 0.717) is 38.5 Å². The summed E-state index contributed by atoms with van der Waals surface area (Å²) in [4.78, 5) is 18.1. The van der Waals surface area contributed by atoms with E-state index in [2.05, 4.69) is 10.1 Å². The number of rotatable bonds is 8. The van der Waals surface area contributed by atoms with Gasteiger partial charge in [0.15, 0.2) is 17.3 Å². The van der Waals surface area contributed by atoms with Crippen LogP contribution in [0.1, 0.15) is 37.6 Å². The lowest BCUT2D eigenvalue weighted by atomic mass is 10.1. The van der Waals surface area contributed by atoms with Crippen molar-refractivity contribution >= 4 is 5.91 Å². The minimum Gasteiger partial charge on any atom is -0.490 e. The van der Waals surface area contributed by atoms with Crippen LogP contribution in [0.25, 0.3) is 0 Å². The first-order chi connectivity index (χ1) is 12.2. The van der Waals surface area contributed by atoms with Crippen molar-refractivity contribution in [2.45, 2.75) is 32.6 Å². The van der Waals surface area contributed by atoms with Gasteiger partial charge in [-0.1, -0.05) is 11.2 Å². The highest BCUT2D eigenvalue weighted by molar-refractivity contribution is 5.79. The zero-order valence-corrected chi connectivity index (χ0v) is 14.6. The number of ether oxygens (including phenoxy) is 2. The van der Waals surface area contributed by atoms with Crippen LogP contribution < -0.4 is 9.47 Å². The molecule has 2 aromatic rings. The van der Waals surface area contributed by atoms with Crippen LogP contribution in [-0.2, 0) is 11.2 Å². The van der Waals surface area contributed by atoms with Gasteiger partial charge in [0.05, 0.1) is 13.2 Å². The summed E-state index contributed by atoms with van der Waals surface area (Å²) < 4.78 is 16.0. The minimum absolute atomic E-state index is 0.0190. The van der Waals surface area contributed by atoms with Gasteiger partial charge in [-0.3, -0.25) is 4.79 Å². The van der Waals surface area contributed by atoms with Crippen molar-refractivity contribution in [3.8, 4) is 11.5 Å². The zero-order chi connectivity index (χ0) is 17.6. The van der Waals surface area contributed by atoms with Gasteiger partial charge in [-0.2, -0.15) is 4.98 Å². The number of hydrogen-bond donors (Lipinski definition) is 0. The summed E-state index contributed by atoms with van der Waals surface area (Å²) in [6, 6.07) is 5.94. The Morgan fingerprint density at radius 3 is 2.76 bits per heavy atom. The van der Waals surface area contributed by atoms with Crippen LogP contribution in [0, 0.1) is 0 Å². The number of benzene rings is 1. The van der Waals surface area contributed by atoms with E-state index >= 15 is 0 Å². The standard InChI is InChI=1S/C18H23N3O4/c1-3-23-15-6-5-13(9-16(15)24-4-2)7-8-21-11-14(10-17(21)22)18-19-12-25-20-18/h5-6,9,12,14H,3-4,7-8,10-11H2,1-2H3. The molecule has 1 aliphatic rings. The number of likely N-dealkylation sites (tertiary alicyclic amines) is 1. The first-order valence-electron chi connectivity index (χ1n) is 8.63. The Bertz CT molecular complexity index is 702. The first-order valence-corrected chi connectivity index (χ1v) is 8.63. The molecule has 2 heterocycles. The van der Waals surface area contributed by atoms with Crippen LogP contribution in [0.5, 0.6) is 11.5 Å². The lowest BCUT2D eigenvalue weighted by Gasteiger charge is -2.17. The second-order valence-corrected chi connectivity index (χ2v) is 5.93. The molecule has 0 spiro atoms. The summed E-state index contributed by atoms with van der Waals surface area (Å²) >= 11 is 0. The highest BCUT2D eigenvalue weighted by Gasteiger charge is 2.32. The number of aromatic nitrogens is 2. The lowest BCUT2D eigenvalue weighted by Crippen LogP contribution is -2.27. The van der Waals surface area contributed by atoms with Crippen LogP contribution in [0.3, 0.4) is 0 Å². The number of nitrogens with zero attached hydrogens (tertiary/aromatic N) is 3. The van der Waals surface area contributed by atoms with E-state index in [0.717, 1.165) is 23.5 Å². The lowest BCUT2D eigenvalue weighted by molar-refractivity contribution is -0.127. The number of carbonyl (C=O) groups excluding carboxylic acids is 1. The van der Waals surface area contributed by atoms with Crippen LogP contribution in [0.4, 0.5) is 0 Å². The second kappa shape index (κ2) is 8.00. The fraction of sp³-hybridized carbons (Fsp3) is 0.500. The number of hydrogen-bond acceptors (Lipinski definition) is 6. The Morgan fingerprint density at radius 1 is 1.24 bits per heavy atom. The Labute approximate surface area is 146 Å². The molecular weight excluding hydrogens is 322 g/mol. The molecular formula is C18H23N3O4. The molecule has 7 nitrogen and oxygen atoms in total. The van der Waals surface area contributed by atoms with E-state index in [-0.39, 0.29) is 11.8 Å². The molecule has 1 aromatic heterocycles. The molecule has 1 saturated heterocycles. The van der Waals surface area contributed by atoms with Crippen LogP contribution in [0.2, 0.25) is 0 Å². The molecule has 0 bridgehead atoms. The van der Waals surface area contributed by atoms with Gasteiger partial charge in [0.25, 0.3) is 0 Å². The molecule has 1 aromatic carbocycles. The van der Waals surface area contributed by atoms with Crippen molar-refractivity contribution in [2.24, 2.45) is 0 Å². The van der Waals surface area contributed by atoms with Crippen LogP contribution >= 0.6 is 0 Å². The van der Waals surface area contributed by atoms with Crippen molar-refractivity contribution in [3.63, 3.8) is 0 Å². The van der Waals surface area contributed by atoms with E-state index in [1.54, 1.807) is 0 Å². The molecule has 1 amide bonds. The average Bonchev–Trinajstić information content (AvgIpc) is 3.25. The van der Waals surface area contributed by atoms with Crippen molar-refractivity contribution in [3.05, 3.63) is 36.0 Å². The van der Waals surface area contributed by atoms with Gasteiger partial charge < -0.3 is 18.9 Å². The minimum atomic E-state index is 0.0190. The van der Waals surface area contributed by atoms with Gasteiger partial charge in [-0.25, -0.2) is 0 Å². The topological polar surface area (TPSA) is 77.7 Å². The highest BCUT2D eigenvalue weighted by Crippen LogP contribution is 2.30. The zero-order valence-electron chi connectivity index (χ0n) is 14.6. The second-order valence-electron chi connectivity index (χ2n) is 5.93. The average molecular weight is 345 g/mol. The molecule has 1 aliphatic heterocycles. The van der Waals surface area contributed by atoms with Gasteiger partial charge in [0, 0.05) is 25.4 Å². The van der Waals surface area contributed by atoms with Gasteiger partial charge >= 0.3 is 0 Å². The molecule has 0 aliphatic carbocycles. The largest absolute Gasteiger partial charge is 0.490 e. The van der Waals surface area contributed by atoms with Crippen molar-refractivity contribution in [2.75, 3.05) is 26.3 Å². The maximum absolute atomic E-state index is 12.2. The summed E-state index contributed by atoms with van der Waals surface area (Å²) in [6.45, 7) is 6.37. The molecule has 1 unspecified atom stereocenters. The molecule has 0 saturated carbocycles. The monoisotopic (exact) mass is 345 g/mol. The smallest absolute Gasteiger partial charge is 0.223 e. The molecule has 0 radical (unpaired) electrons. The summed E-state index contributed by atoms with van der Waals surface area (Å²) in [5, 5.41) is 3.85. The Kier molecular flexibility index (Phi) is 5.53. The summed E-state index contributed by atoms with van der Waals surface area (Å²) in [5.41, 5.74) is 1.11. The van der Waals surface area contributed by atoms with Gasteiger partial charge in [0.2, 0.25) is 12.3 Å². The normalized spacial score (nSPS) is 17.1. The first kappa shape index (κ1) is 17.3. The third-order valence-electron chi connectivity index (χ3n) is 4.24. The molecule has 0 N–H and O–H groups in total. The number of carbonyl (C=O) groups is 1. The van der Waals surface area contributed by atoms with Crippen LogP contribution in [0.15, 0.2) is 29.1 Å². The maximum Gasteiger partial charge on any atom is 0.223 e. The maximum atomic E-state index is 12.2. The van der Waals surface area contributed by atoms with Crippen molar-refractivity contribution < 1.29 is 18.8 Å². The van der Waals surface area contributed by atoms with E-state index in [9.17, 15) is 4.79 Å². The Balaban J connectivity index is 1.61. The summed E-state index contributed by atoms with van der Waals surface area (Å²) in [5.74, 6) is 2.26. The third kappa shape index (κ3) is 4.10. The fourth-order valence-corrected chi connectivity index (χ4v) is 3.03. The summed E-state index contributed by atoms with van der Waals surface area (Å²) in [7, 11) is 0. The van der Waals surface area contributed by atoms with Gasteiger partial charge in [0.1, 0.15) is 0 Å². The summed E-state index contributed by atoms with van der Waals surface area (Å²) in [6.07, 6.45) is 2.50. The highest BCUT2D eigenvalue weighted by atomic mass is 16.5. The fourth-order valence-electron chi connectivity index (χ4n) is 3.03. The molecule has 25 heavy (non-hydrogen) atoms. The SMILES string of the molecule is CCOc1ccc(CCN2CC(c3ncon3)CC2=O)cc1OCC. The predicted octanol–water partition coefficient (Wildman–Crippen LogP) is 2.43. The molecule has 3 rings (SSSR count). The van der Waals surface area contributed by atoms with Gasteiger partial charge in [-0.05, 0) is 38.0 Å². The van der Waals surface area contributed by atoms with E-state index in [4.69, 9.17) is 14.0 Å². The van der Waals surface area contributed by atoms with E-state index < -0.39 is 0 Å². The predicted molar refractivity (Wildman–Crippen MR) is 90.7 cm³/mol.